The zero-order chi connectivity index (χ0) is 10.7. The Morgan fingerprint density at radius 1 is 1.15 bits per heavy atom. The summed E-state index contributed by atoms with van der Waals surface area (Å²) in [5.74, 6) is 0. The maximum atomic E-state index is 10.4. The van der Waals surface area contributed by atoms with Crippen LogP contribution in [0.5, 0.6) is 0 Å². The highest BCUT2D eigenvalue weighted by molar-refractivity contribution is 7.47. The summed E-state index contributed by atoms with van der Waals surface area (Å²) in [6.45, 7) is 0.932. The van der Waals surface area contributed by atoms with Crippen molar-refractivity contribution < 1.29 is 42.8 Å². The smallest absolute Gasteiger partial charge is 0.303 e. The van der Waals surface area contributed by atoms with Gasteiger partial charge in [0.25, 0.3) is 0 Å². The lowest BCUT2D eigenvalue weighted by Crippen LogP contribution is -2.10. The van der Waals surface area contributed by atoms with Crippen molar-refractivity contribution in [2.24, 2.45) is 0 Å². The Kier molecular flexibility index (Phi) is 4.67. The number of phosphoric ester groups is 2. The fourth-order valence-electron chi connectivity index (χ4n) is 0.419. The first-order valence-electron chi connectivity index (χ1n) is 2.74. The van der Waals surface area contributed by atoms with Gasteiger partial charge in [0, 0.05) is 0 Å². The number of hydrogen-bond acceptors (Lipinski definition) is 6. The molecule has 0 saturated heterocycles. The van der Waals surface area contributed by atoms with E-state index in [1.165, 1.54) is 0 Å². The van der Waals surface area contributed by atoms with E-state index in [2.05, 4.69) is 13.7 Å². The fraction of sp³-hybridized carbons (Fsp3) is 1.00. The highest BCUT2D eigenvalue weighted by atomic mass is 31.2. The quantitative estimate of drug-likeness (QED) is 0.226. The summed E-state index contributed by atoms with van der Waals surface area (Å²) in [6, 6.07) is 0. The van der Waals surface area contributed by atoms with Crippen LogP contribution in [0, 0.1) is 0 Å². The maximum absolute atomic E-state index is 10.4. The Morgan fingerprint density at radius 3 is 1.92 bits per heavy atom. The van der Waals surface area contributed by atoms with E-state index in [4.69, 9.17) is 19.9 Å². The molecule has 13 heavy (non-hydrogen) atoms. The minimum absolute atomic E-state index is 0.932. The van der Waals surface area contributed by atoms with Crippen LogP contribution in [0.4, 0.5) is 0 Å². The third kappa shape index (κ3) is 7.27. The molecule has 9 nitrogen and oxygen atoms in total. The van der Waals surface area contributed by atoms with Crippen molar-refractivity contribution in [1.82, 2.24) is 0 Å². The first-order chi connectivity index (χ1) is 5.66. The minimum atomic E-state index is -4.81. The van der Waals surface area contributed by atoms with E-state index in [1.807, 2.05) is 0 Å². The second-order valence-electron chi connectivity index (χ2n) is 1.82. The molecule has 0 amide bonds. The average molecular weight is 238 g/mol. The Balaban J connectivity index is 4.10. The van der Waals surface area contributed by atoms with Crippen LogP contribution in [-0.4, -0.2) is 26.2 Å². The van der Waals surface area contributed by atoms with E-state index in [1.54, 1.807) is 0 Å². The molecule has 0 heterocycles. The Morgan fingerprint density at radius 2 is 1.62 bits per heavy atom. The molecule has 80 valence electrons. The molecule has 2 atom stereocenters. The van der Waals surface area contributed by atoms with Crippen LogP contribution < -0.4 is 0 Å². The number of hydrogen-bond donors (Lipinski definition) is 4. The molecule has 11 heteroatoms. The zero-order valence-corrected chi connectivity index (χ0v) is 8.09. The summed E-state index contributed by atoms with van der Waals surface area (Å²) >= 11 is 0. The SMILES string of the molecule is CC(OP(=O)(O)O)OP(=O)(O)OO. The molecule has 0 aromatic heterocycles. The van der Waals surface area contributed by atoms with Crippen LogP contribution in [0.2, 0.25) is 0 Å². The van der Waals surface area contributed by atoms with Gasteiger partial charge in [0.1, 0.15) is 0 Å². The summed E-state index contributed by atoms with van der Waals surface area (Å²) in [5, 5.41) is 7.75. The molecular formula is C2H8O9P2. The highest BCUT2D eigenvalue weighted by Crippen LogP contribution is 2.46. The summed E-state index contributed by atoms with van der Waals surface area (Å²) in [4.78, 5) is 24.8. The highest BCUT2D eigenvalue weighted by Gasteiger charge is 2.29. The van der Waals surface area contributed by atoms with E-state index in [0.717, 1.165) is 6.92 Å². The predicted octanol–water partition coefficient (Wildman–Crippen LogP) is 0.0483. The van der Waals surface area contributed by atoms with Gasteiger partial charge in [-0.05, 0) is 6.92 Å². The lowest BCUT2D eigenvalue weighted by molar-refractivity contribution is -0.173. The summed E-state index contributed by atoms with van der Waals surface area (Å²) in [5.41, 5.74) is 0. The molecule has 2 unspecified atom stereocenters. The summed E-state index contributed by atoms with van der Waals surface area (Å²) < 4.78 is 31.2. The van der Waals surface area contributed by atoms with Crippen LogP contribution >= 0.6 is 15.6 Å². The molecule has 0 saturated carbocycles. The van der Waals surface area contributed by atoms with Gasteiger partial charge in [-0.2, -0.15) is 0 Å². The second-order valence-corrected chi connectivity index (χ2v) is 4.32. The molecule has 0 aliphatic carbocycles. The minimum Gasteiger partial charge on any atom is -0.303 e. The second kappa shape index (κ2) is 4.61. The third-order valence-electron chi connectivity index (χ3n) is 0.671. The normalized spacial score (nSPS) is 19.5. The predicted molar refractivity (Wildman–Crippen MR) is 37.2 cm³/mol. The van der Waals surface area contributed by atoms with Crippen LogP contribution in [0.25, 0.3) is 0 Å². The van der Waals surface area contributed by atoms with Gasteiger partial charge < -0.3 is 14.7 Å². The van der Waals surface area contributed by atoms with Gasteiger partial charge in [-0.3, -0.25) is 9.05 Å². The van der Waals surface area contributed by atoms with E-state index in [-0.39, 0.29) is 0 Å². The molecular weight excluding hydrogens is 230 g/mol. The van der Waals surface area contributed by atoms with Gasteiger partial charge in [0.2, 0.25) is 0 Å². The standard InChI is InChI=1S/C2H8O9P2/c1-2(9-12(4,5)6)10-13(7,8)11-3/h2-3H,1H3,(H,7,8)(H2,4,5,6). The Labute approximate surface area is 72.7 Å². The molecule has 0 aromatic rings. The fourth-order valence-corrected chi connectivity index (χ4v) is 1.37. The zero-order valence-electron chi connectivity index (χ0n) is 6.30. The van der Waals surface area contributed by atoms with Crippen molar-refractivity contribution in [3.05, 3.63) is 0 Å². The summed E-state index contributed by atoms with van der Waals surface area (Å²) in [7, 11) is -9.54. The van der Waals surface area contributed by atoms with Crippen LogP contribution in [0.3, 0.4) is 0 Å². The van der Waals surface area contributed by atoms with Gasteiger partial charge in [-0.15, -0.1) is 4.67 Å². The van der Waals surface area contributed by atoms with Crippen molar-refractivity contribution in [1.29, 1.82) is 0 Å². The lowest BCUT2D eigenvalue weighted by atomic mass is 10.8. The molecule has 0 aromatic carbocycles. The molecule has 0 spiro atoms. The number of rotatable bonds is 5. The molecule has 0 bridgehead atoms. The third-order valence-corrected chi connectivity index (χ3v) is 2.01. The Bertz CT molecular complexity index is 242. The topological polar surface area (TPSA) is 143 Å². The van der Waals surface area contributed by atoms with E-state index >= 15 is 0 Å². The molecule has 0 rings (SSSR count). The van der Waals surface area contributed by atoms with E-state index in [9.17, 15) is 9.13 Å². The van der Waals surface area contributed by atoms with Crippen LogP contribution in [0.1, 0.15) is 6.92 Å². The first kappa shape index (κ1) is 13.2. The van der Waals surface area contributed by atoms with Gasteiger partial charge in [-0.25, -0.2) is 14.4 Å². The number of phosphoric acid groups is 2. The monoisotopic (exact) mass is 238 g/mol. The van der Waals surface area contributed by atoms with Crippen molar-refractivity contribution >= 4 is 15.6 Å². The molecule has 0 fully saturated rings. The van der Waals surface area contributed by atoms with Crippen molar-refractivity contribution in [2.75, 3.05) is 0 Å². The van der Waals surface area contributed by atoms with Gasteiger partial charge in [-0.1, -0.05) is 0 Å². The molecule has 4 N–H and O–H groups in total. The average Bonchev–Trinajstić information content (AvgIpc) is 1.81. The van der Waals surface area contributed by atoms with Crippen molar-refractivity contribution in [3.63, 3.8) is 0 Å². The van der Waals surface area contributed by atoms with Gasteiger partial charge >= 0.3 is 15.6 Å². The largest absolute Gasteiger partial charge is 0.501 e. The van der Waals surface area contributed by atoms with Crippen LogP contribution in [-0.2, 0) is 22.9 Å². The Hall–Kier alpha value is 0.180. The van der Waals surface area contributed by atoms with E-state index < -0.39 is 21.9 Å². The first-order valence-corrected chi connectivity index (χ1v) is 5.77. The van der Waals surface area contributed by atoms with Gasteiger partial charge in [0.05, 0.1) is 0 Å². The molecule has 0 aliphatic rings. The van der Waals surface area contributed by atoms with Crippen LogP contribution in [0.15, 0.2) is 0 Å². The lowest BCUT2D eigenvalue weighted by Gasteiger charge is -2.15. The van der Waals surface area contributed by atoms with Crippen molar-refractivity contribution in [3.8, 4) is 0 Å². The maximum Gasteiger partial charge on any atom is 0.501 e. The summed E-state index contributed by atoms with van der Waals surface area (Å²) in [6.07, 6.45) is -1.70. The van der Waals surface area contributed by atoms with E-state index in [0.29, 0.717) is 0 Å². The van der Waals surface area contributed by atoms with Gasteiger partial charge in [0.15, 0.2) is 6.29 Å². The molecule has 0 radical (unpaired) electrons. The van der Waals surface area contributed by atoms with Crippen molar-refractivity contribution in [2.45, 2.75) is 13.2 Å². The molecule has 0 aliphatic heterocycles.